The van der Waals surface area contributed by atoms with Crippen LogP contribution in [0.5, 0.6) is 0 Å². The SMILES string of the molecule is c1ccc(-c2csc(-c3cc4ccncc4[nH]3)n2)cc1.c1ccc2ncccc2c1. The first kappa shape index (κ1) is 18.2. The maximum atomic E-state index is 4.71. The highest BCUT2D eigenvalue weighted by atomic mass is 32.1. The van der Waals surface area contributed by atoms with Crippen LogP contribution >= 0.6 is 11.3 Å². The molecule has 0 fully saturated rings. The van der Waals surface area contributed by atoms with Gasteiger partial charge in [0.25, 0.3) is 0 Å². The summed E-state index contributed by atoms with van der Waals surface area (Å²) >= 11 is 1.65. The summed E-state index contributed by atoms with van der Waals surface area (Å²) in [6, 6.07) is 26.4. The minimum atomic E-state index is 1.00. The van der Waals surface area contributed by atoms with Crippen molar-refractivity contribution in [2.24, 2.45) is 0 Å². The molecule has 6 rings (SSSR count). The molecule has 4 nitrogen and oxygen atoms in total. The van der Waals surface area contributed by atoms with Crippen molar-refractivity contribution in [2.75, 3.05) is 0 Å². The monoisotopic (exact) mass is 406 g/mol. The minimum absolute atomic E-state index is 1.00. The van der Waals surface area contributed by atoms with Crippen molar-refractivity contribution < 1.29 is 0 Å². The molecule has 0 atom stereocenters. The molecule has 0 unspecified atom stereocenters. The second-order valence-corrected chi connectivity index (χ2v) is 7.60. The first-order valence-corrected chi connectivity index (χ1v) is 10.5. The molecule has 0 aliphatic rings. The molecule has 144 valence electrons. The van der Waals surface area contributed by atoms with Gasteiger partial charge >= 0.3 is 0 Å². The maximum Gasteiger partial charge on any atom is 0.140 e. The molecule has 0 aliphatic carbocycles. The summed E-state index contributed by atoms with van der Waals surface area (Å²) in [6.45, 7) is 0. The van der Waals surface area contributed by atoms with E-state index in [1.165, 1.54) is 5.39 Å². The summed E-state index contributed by atoms with van der Waals surface area (Å²) in [5.74, 6) is 0. The second kappa shape index (κ2) is 8.27. The number of nitrogens with one attached hydrogen (secondary N) is 1. The third-order valence-corrected chi connectivity index (χ3v) is 5.62. The summed E-state index contributed by atoms with van der Waals surface area (Å²) in [5.41, 5.74) is 5.30. The Morgan fingerprint density at radius 1 is 0.767 bits per heavy atom. The zero-order valence-electron chi connectivity index (χ0n) is 16.1. The van der Waals surface area contributed by atoms with Gasteiger partial charge in [-0.15, -0.1) is 11.3 Å². The zero-order chi connectivity index (χ0) is 20.2. The van der Waals surface area contributed by atoms with Gasteiger partial charge in [-0.25, -0.2) is 4.98 Å². The van der Waals surface area contributed by atoms with Crippen LogP contribution in [0.4, 0.5) is 0 Å². The number of benzene rings is 2. The predicted octanol–water partition coefficient (Wildman–Crippen LogP) is 6.59. The van der Waals surface area contributed by atoms with E-state index in [-0.39, 0.29) is 0 Å². The second-order valence-electron chi connectivity index (χ2n) is 6.75. The van der Waals surface area contributed by atoms with Crippen LogP contribution in [0.2, 0.25) is 0 Å². The highest BCUT2D eigenvalue weighted by Crippen LogP contribution is 2.30. The Morgan fingerprint density at radius 2 is 1.60 bits per heavy atom. The number of para-hydroxylation sites is 1. The van der Waals surface area contributed by atoms with Gasteiger partial charge in [0.2, 0.25) is 0 Å². The number of aromatic amines is 1. The van der Waals surface area contributed by atoms with Gasteiger partial charge in [0.05, 0.1) is 28.6 Å². The fourth-order valence-corrected chi connectivity index (χ4v) is 4.04. The van der Waals surface area contributed by atoms with Crippen molar-refractivity contribution in [1.29, 1.82) is 0 Å². The zero-order valence-corrected chi connectivity index (χ0v) is 16.9. The topological polar surface area (TPSA) is 54.5 Å². The summed E-state index contributed by atoms with van der Waals surface area (Å²) in [4.78, 5) is 16.4. The molecule has 0 bridgehead atoms. The normalized spacial score (nSPS) is 10.7. The first-order valence-electron chi connectivity index (χ1n) is 9.61. The lowest BCUT2D eigenvalue weighted by Gasteiger charge is -1.94. The van der Waals surface area contributed by atoms with Gasteiger partial charge < -0.3 is 4.98 Å². The van der Waals surface area contributed by atoms with Crippen molar-refractivity contribution in [3.05, 3.63) is 103 Å². The molecule has 4 aromatic heterocycles. The molecule has 0 spiro atoms. The predicted molar refractivity (Wildman–Crippen MR) is 124 cm³/mol. The van der Waals surface area contributed by atoms with Crippen LogP contribution in [0.1, 0.15) is 0 Å². The number of hydrogen-bond donors (Lipinski definition) is 1. The lowest BCUT2D eigenvalue weighted by atomic mass is 10.2. The quantitative estimate of drug-likeness (QED) is 0.353. The van der Waals surface area contributed by atoms with E-state index in [1.807, 2.05) is 60.9 Å². The number of thiazole rings is 1. The van der Waals surface area contributed by atoms with E-state index in [9.17, 15) is 0 Å². The van der Waals surface area contributed by atoms with Crippen molar-refractivity contribution in [3.63, 3.8) is 0 Å². The molecule has 30 heavy (non-hydrogen) atoms. The van der Waals surface area contributed by atoms with E-state index in [1.54, 1.807) is 17.5 Å². The molecule has 6 aromatic rings. The van der Waals surface area contributed by atoms with Crippen LogP contribution in [-0.2, 0) is 0 Å². The van der Waals surface area contributed by atoms with Gasteiger partial charge in [-0.1, -0.05) is 54.6 Å². The fourth-order valence-electron chi connectivity index (χ4n) is 3.24. The fraction of sp³-hybridized carbons (Fsp3) is 0. The number of H-pyrrole nitrogens is 1. The van der Waals surface area contributed by atoms with Crippen LogP contribution in [0.25, 0.3) is 43.8 Å². The molecular weight excluding hydrogens is 388 g/mol. The molecule has 1 N–H and O–H groups in total. The number of nitrogens with zero attached hydrogens (tertiary/aromatic N) is 3. The third-order valence-electron chi connectivity index (χ3n) is 4.74. The number of rotatable bonds is 2. The van der Waals surface area contributed by atoms with Gasteiger partial charge in [0, 0.05) is 34.1 Å². The summed E-state index contributed by atoms with van der Waals surface area (Å²) in [7, 11) is 0. The van der Waals surface area contributed by atoms with Crippen molar-refractivity contribution in [1.82, 2.24) is 19.9 Å². The largest absolute Gasteiger partial charge is 0.351 e. The van der Waals surface area contributed by atoms with Crippen LogP contribution in [0, 0.1) is 0 Å². The molecule has 0 amide bonds. The highest BCUT2D eigenvalue weighted by molar-refractivity contribution is 7.13. The van der Waals surface area contributed by atoms with Gasteiger partial charge in [-0.05, 0) is 24.3 Å². The first-order chi connectivity index (χ1) is 14.9. The number of hydrogen-bond acceptors (Lipinski definition) is 4. The molecule has 0 saturated heterocycles. The van der Waals surface area contributed by atoms with E-state index >= 15 is 0 Å². The minimum Gasteiger partial charge on any atom is -0.351 e. The van der Waals surface area contributed by atoms with Gasteiger partial charge in [-0.2, -0.15) is 0 Å². The maximum absolute atomic E-state index is 4.71. The molecule has 0 saturated carbocycles. The highest BCUT2D eigenvalue weighted by Gasteiger charge is 2.09. The Bertz CT molecular complexity index is 1300. The Labute approximate surface area is 177 Å². The average Bonchev–Trinajstić information content (AvgIpc) is 3.47. The van der Waals surface area contributed by atoms with Crippen LogP contribution in [0.3, 0.4) is 0 Å². The average molecular weight is 407 g/mol. The van der Waals surface area contributed by atoms with E-state index in [0.29, 0.717) is 0 Å². The standard InChI is InChI=1S/C16H11N3S.C9H7N/c1-2-4-11(5-3-1)15-10-20-16(19-15)13-8-12-6-7-17-9-14(12)18-13;1-2-6-9-8(4-1)5-3-7-10-9/h1-10,18H;1-7H. The van der Waals surface area contributed by atoms with E-state index < -0.39 is 0 Å². The molecule has 5 heteroatoms. The molecule has 4 heterocycles. The van der Waals surface area contributed by atoms with E-state index in [4.69, 9.17) is 4.98 Å². The Kier molecular flexibility index (Phi) is 5.02. The number of pyridine rings is 2. The van der Waals surface area contributed by atoms with Crippen LogP contribution in [-0.4, -0.2) is 19.9 Å². The lowest BCUT2D eigenvalue weighted by Crippen LogP contribution is -1.78. The Hall–Kier alpha value is -3.83. The molecule has 0 radical (unpaired) electrons. The summed E-state index contributed by atoms with van der Waals surface area (Å²) in [5, 5.41) is 5.45. The number of aromatic nitrogens is 4. The van der Waals surface area contributed by atoms with Gasteiger partial charge in [0.15, 0.2) is 0 Å². The summed E-state index contributed by atoms with van der Waals surface area (Å²) < 4.78 is 0. The molecule has 0 aliphatic heterocycles. The molecule has 2 aromatic carbocycles. The third kappa shape index (κ3) is 3.83. The van der Waals surface area contributed by atoms with E-state index in [2.05, 4.69) is 50.7 Å². The summed E-state index contributed by atoms with van der Waals surface area (Å²) in [6.07, 6.45) is 5.45. The van der Waals surface area contributed by atoms with Gasteiger partial charge in [0.1, 0.15) is 5.01 Å². The van der Waals surface area contributed by atoms with Crippen LogP contribution in [0.15, 0.2) is 103 Å². The van der Waals surface area contributed by atoms with Gasteiger partial charge in [-0.3, -0.25) is 9.97 Å². The van der Waals surface area contributed by atoms with Crippen molar-refractivity contribution in [3.8, 4) is 22.0 Å². The van der Waals surface area contributed by atoms with Crippen LogP contribution < -0.4 is 0 Å². The van der Waals surface area contributed by atoms with Crippen molar-refractivity contribution in [2.45, 2.75) is 0 Å². The van der Waals surface area contributed by atoms with Crippen molar-refractivity contribution >= 4 is 33.1 Å². The lowest BCUT2D eigenvalue weighted by molar-refractivity contribution is 1.33. The van der Waals surface area contributed by atoms with E-state index in [0.717, 1.165) is 38.4 Å². The molecular formula is C25H18N4S. The Balaban J connectivity index is 0.000000161. The Morgan fingerprint density at radius 3 is 2.47 bits per heavy atom. The number of fused-ring (bicyclic) bond motifs is 2. The smallest absolute Gasteiger partial charge is 0.140 e.